The third kappa shape index (κ3) is 17.1. The van der Waals surface area contributed by atoms with Gasteiger partial charge in [0, 0.05) is 5.39 Å². The predicted molar refractivity (Wildman–Crippen MR) is 172 cm³/mol. The zero-order chi connectivity index (χ0) is 28.4. The molecule has 0 fully saturated rings. The molecule has 228 valence electrons. The summed E-state index contributed by atoms with van der Waals surface area (Å²) in [6.07, 6.45) is 37.8. The third-order valence-electron chi connectivity index (χ3n) is 8.43. The van der Waals surface area contributed by atoms with E-state index in [1.807, 2.05) is 24.3 Å². The maximum atomic E-state index is 12.3. The van der Waals surface area contributed by atoms with E-state index in [4.69, 9.17) is 9.15 Å². The molecule has 0 saturated heterocycles. The van der Waals surface area contributed by atoms with Gasteiger partial charge in [0.2, 0.25) is 0 Å². The van der Waals surface area contributed by atoms with Crippen molar-refractivity contribution in [2.45, 2.75) is 174 Å². The number of hydrogen-bond donors (Lipinski definition) is 0. The number of para-hydroxylation sites is 1. The highest BCUT2D eigenvalue weighted by Crippen LogP contribution is 2.21. The van der Waals surface area contributed by atoms with Crippen molar-refractivity contribution in [3.8, 4) is 0 Å². The fraction of sp³-hybridized carbons (Fsp3) is 0.757. The van der Waals surface area contributed by atoms with Crippen LogP contribution in [0.3, 0.4) is 0 Å². The average molecular weight is 555 g/mol. The second kappa shape index (κ2) is 25.0. The molecule has 0 N–H and O–H groups in total. The van der Waals surface area contributed by atoms with Gasteiger partial charge in [-0.2, -0.15) is 0 Å². The first-order chi connectivity index (χ1) is 19.8. The van der Waals surface area contributed by atoms with Crippen LogP contribution in [0.25, 0.3) is 11.0 Å². The quantitative estimate of drug-likeness (QED) is 0.0775. The van der Waals surface area contributed by atoms with Crippen molar-refractivity contribution in [1.29, 1.82) is 0 Å². The summed E-state index contributed by atoms with van der Waals surface area (Å²) in [5.41, 5.74) is 1.26. The van der Waals surface area contributed by atoms with Crippen molar-refractivity contribution in [3.63, 3.8) is 0 Å². The largest absolute Gasteiger partial charge is 0.463 e. The summed E-state index contributed by atoms with van der Waals surface area (Å²) in [5, 5.41) is 0.831. The summed E-state index contributed by atoms with van der Waals surface area (Å²) < 4.78 is 10.9. The summed E-state index contributed by atoms with van der Waals surface area (Å²) >= 11 is 0. The summed E-state index contributed by atoms with van der Waals surface area (Å²) in [6.45, 7) is 2.80. The maximum absolute atomic E-state index is 12.3. The van der Waals surface area contributed by atoms with E-state index in [2.05, 4.69) is 6.92 Å². The number of esters is 1. The van der Waals surface area contributed by atoms with Crippen LogP contribution in [0, 0.1) is 0 Å². The van der Waals surface area contributed by atoms with E-state index in [9.17, 15) is 4.79 Å². The Morgan fingerprint density at radius 1 is 0.550 bits per heavy atom. The van der Waals surface area contributed by atoms with E-state index in [1.54, 1.807) is 0 Å². The van der Waals surface area contributed by atoms with Crippen molar-refractivity contribution in [2.75, 3.05) is 6.61 Å². The van der Waals surface area contributed by atoms with Gasteiger partial charge in [-0.25, -0.2) is 4.79 Å². The molecule has 2 aromatic rings. The van der Waals surface area contributed by atoms with E-state index in [-0.39, 0.29) is 5.97 Å². The fourth-order valence-electron chi connectivity index (χ4n) is 5.80. The third-order valence-corrected chi connectivity index (χ3v) is 8.43. The second-order valence-corrected chi connectivity index (χ2v) is 12.1. The van der Waals surface area contributed by atoms with E-state index in [1.165, 1.54) is 160 Å². The SMILES string of the molecule is CCCCCCCCCCCCCCCCCCCCCCCCCCCCOC(=O)c1coc2ccccc12. The van der Waals surface area contributed by atoms with Gasteiger partial charge < -0.3 is 9.15 Å². The summed E-state index contributed by atoms with van der Waals surface area (Å²) in [5.74, 6) is -0.274. The van der Waals surface area contributed by atoms with Gasteiger partial charge in [0.1, 0.15) is 17.4 Å². The van der Waals surface area contributed by atoms with E-state index >= 15 is 0 Å². The van der Waals surface area contributed by atoms with Crippen LogP contribution in [0.15, 0.2) is 34.9 Å². The van der Waals surface area contributed by atoms with Gasteiger partial charge in [-0.05, 0) is 12.5 Å². The number of furan rings is 1. The Bertz CT molecular complexity index is 839. The molecule has 0 spiro atoms. The number of benzene rings is 1. The number of ether oxygens (including phenoxy) is 1. The zero-order valence-electron chi connectivity index (χ0n) is 26.2. The van der Waals surface area contributed by atoms with Crippen LogP contribution >= 0.6 is 0 Å². The standard InChI is InChI=1S/C37H62O3/c1-2-3-4-5-6-7-8-9-10-11-12-13-14-15-16-17-18-19-20-21-22-23-24-25-26-29-32-39-37(38)35-33-40-36-31-28-27-30-34(35)36/h27-28,30-31,33H,2-26,29,32H2,1H3. The lowest BCUT2D eigenvalue weighted by Crippen LogP contribution is -2.05. The molecule has 0 unspecified atom stereocenters. The molecule has 1 aromatic heterocycles. The number of carbonyl (C=O) groups is 1. The molecule has 2 rings (SSSR count). The summed E-state index contributed by atoms with van der Waals surface area (Å²) in [6, 6.07) is 7.59. The van der Waals surface area contributed by atoms with Gasteiger partial charge >= 0.3 is 5.97 Å². The minimum atomic E-state index is -0.274. The van der Waals surface area contributed by atoms with Gasteiger partial charge in [-0.1, -0.05) is 186 Å². The molecular formula is C37H62O3. The minimum absolute atomic E-state index is 0.274. The first-order valence-electron chi connectivity index (χ1n) is 17.5. The number of rotatable bonds is 28. The number of fused-ring (bicyclic) bond motifs is 1. The van der Waals surface area contributed by atoms with Crippen molar-refractivity contribution < 1.29 is 13.9 Å². The highest BCUT2D eigenvalue weighted by molar-refractivity contribution is 6.03. The van der Waals surface area contributed by atoms with E-state index in [0.717, 1.165) is 23.8 Å². The number of carbonyl (C=O) groups excluding carboxylic acids is 1. The fourth-order valence-corrected chi connectivity index (χ4v) is 5.80. The van der Waals surface area contributed by atoms with Crippen LogP contribution in [-0.4, -0.2) is 12.6 Å². The number of hydrogen-bond acceptors (Lipinski definition) is 3. The molecule has 0 saturated carbocycles. The lowest BCUT2D eigenvalue weighted by atomic mass is 10.0. The van der Waals surface area contributed by atoms with Gasteiger partial charge in [-0.15, -0.1) is 0 Å². The molecular weight excluding hydrogens is 492 g/mol. The molecule has 1 heterocycles. The summed E-state index contributed by atoms with van der Waals surface area (Å²) in [4.78, 5) is 12.3. The molecule has 0 aliphatic heterocycles. The molecule has 1 aromatic carbocycles. The smallest absolute Gasteiger partial charge is 0.342 e. The number of unbranched alkanes of at least 4 members (excludes halogenated alkanes) is 25. The normalized spacial score (nSPS) is 11.4. The average Bonchev–Trinajstić information content (AvgIpc) is 3.41. The minimum Gasteiger partial charge on any atom is -0.463 e. The molecule has 40 heavy (non-hydrogen) atoms. The maximum Gasteiger partial charge on any atom is 0.342 e. The second-order valence-electron chi connectivity index (χ2n) is 12.1. The lowest BCUT2D eigenvalue weighted by molar-refractivity contribution is 0.0499. The Morgan fingerprint density at radius 3 is 1.35 bits per heavy atom. The van der Waals surface area contributed by atoms with E-state index in [0.29, 0.717) is 12.2 Å². The van der Waals surface area contributed by atoms with Crippen LogP contribution in [-0.2, 0) is 4.74 Å². The van der Waals surface area contributed by atoms with Gasteiger partial charge in [0.05, 0.1) is 6.61 Å². The Labute approximate surface area is 247 Å². The first kappa shape index (κ1) is 34.4. The Kier molecular flexibility index (Phi) is 21.5. The Hall–Kier alpha value is -1.77. The molecule has 0 aliphatic rings. The predicted octanol–water partition coefficient (Wildman–Crippen LogP) is 12.8. The van der Waals surface area contributed by atoms with E-state index < -0.39 is 0 Å². The molecule has 0 atom stereocenters. The Balaban J connectivity index is 1.22. The first-order valence-corrected chi connectivity index (χ1v) is 17.5. The Morgan fingerprint density at radius 2 is 0.925 bits per heavy atom. The highest BCUT2D eigenvalue weighted by Gasteiger charge is 2.14. The molecule has 0 amide bonds. The van der Waals surface area contributed by atoms with Crippen molar-refractivity contribution >= 4 is 16.9 Å². The zero-order valence-corrected chi connectivity index (χ0v) is 26.2. The molecule has 3 nitrogen and oxygen atoms in total. The van der Waals surface area contributed by atoms with Crippen molar-refractivity contribution in [2.24, 2.45) is 0 Å². The highest BCUT2D eigenvalue weighted by atomic mass is 16.5. The molecule has 0 bridgehead atoms. The molecule has 3 heteroatoms. The molecule has 0 radical (unpaired) electrons. The topological polar surface area (TPSA) is 39.4 Å². The van der Waals surface area contributed by atoms with Crippen molar-refractivity contribution in [3.05, 3.63) is 36.1 Å². The van der Waals surface area contributed by atoms with Crippen LogP contribution in [0.1, 0.15) is 184 Å². The van der Waals surface area contributed by atoms with Crippen molar-refractivity contribution in [1.82, 2.24) is 0 Å². The molecule has 0 aliphatic carbocycles. The summed E-state index contributed by atoms with van der Waals surface area (Å²) in [7, 11) is 0. The lowest BCUT2D eigenvalue weighted by Gasteiger charge is -2.05. The monoisotopic (exact) mass is 554 g/mol. The van der Waals surface area contributed by atoms with Crippen LogP contribution in [0.2, 0.25) is 0 Å². The van der Waals surface area contributed by atoms with Crippen LogP contribution in [0.5, 0.6) is 0 Å². The van der Waals surface area contributed by atoms with Crippen LogP contribution in [0.4, 0.5) is 0 Å². The van der Waals surface area contributed by atoms with Crippen LogP contribution < -0.4 is 0 Å². The van der Waals surface area contributed by atoms with Gasteiger partial charge in [-0.3, -0.25) is 0 Å². The van der Waals surface area contributed by atoms with Gasteiger partial charge in [0.25, 0.3) is 0 Å². The van der Waals surface area contributed by atoms with Gasteiger partial charge in [0.15, 0.2) is 0 Å².